The number of benzene rings is 1. The first-order valence-electron chi connectivity index (χ1n) is 10.5. The molecule has 2 heterocycles. The molecule has 15 heteroatoms. The highest BCUT2D eigenvalue weighted by Gasteiger charge is 2.20. The van der Waals surface area contributed by atoms with Gasteiger partial charge in [0.1, 0.15) is 5.82 Å². The highest BCUT2D eigenvalue weighted by molar-refractivity contribution is 9.10. The molecule has 0 unspecified atom stereocenters. The smallest absolute Gasteiger partial charge is 0.334 e. The third-order valence-corrected chi connectivity index (χ3v) is 6.98. The fraction of sp³-hybridized carbons (Fsp3) is 0.286. The first-order valence-corrected chi connectivity index (χ1v) is 13.8. The number of aromatic nitrogens is 2. The Bertz CT molecular complexity index is 1340. The lowest BCUT2D eigenvalue weighted by atomic mass is 10.2. The van der Waals surface area contributed by atoms with Gasteiger partial charge in [-0.1, -0.05) is 19.9 Å². The largest absolute Gasteiger partial charge is 0.365 e. The van der Waals surface area contributed by atoms with Crippen molar-refractivity contribution in [1.82, 2.24) is 15.8 Å². The van der Waals surface area contributed by atoms with E-state index in [-0.39, 0.29) is 40.5 Å². The molecule has 1 aromatic carbocycles. The SMILES string of the molecule is CC(C)C(=O)ONC(=Nc1ccc(F)c(Br)c1)c1nonc1NCCCS(=O)(=O)N=Cc1cccs1. The molecule has 36 heavy (non-hydrogen) atoms. The van der Waals surface area contributed by atoms with Crippen LogP contribution in [0.4, 0.5) is 15.9 Å². The van der Waals surface area contributed by atoms with Crippen molar-refractivity contribution < 1.29 is 27.1 Å². The summed E-state index contributed by atoms with van der Waals surface area (Å²) in [5, 5.41) is 12.3. The molecule has 0 saturated heterocycles. The number of nitrogens with zero attached hydrogens (tertiary/aromatic N) is 4. The Morgan fingerprint density at radius 3 is 2.83 bits per heavy atom. The summed E-state index contributed by atoms with van der Waals surface area (Å²) in [7, 11) is -3.65. The zero-order valence-corrected chi connectivity index (χ0v) is 22.4. The van der Waals surface area contributed by atoms with Gasteiger partial charge in [-0.15, -0.1) is 11.3 Å². The number of sulfonamides is 1. The number of hydrogen-bond acceptors (Lipinski definition) is 10. The zero-order chi connectivity index (χ0) is 26.1. The van der Waals surface area contributed by atoms with E-state index in [1.807, 2.05) is 5.38 Å². The van der Waals surface area contributed by atoms with Crippen LogP contribution in [0.5, 0.6) is 0 Å². The predicted octanol–water partition coefficient (Wildman–Crippen LogP) is 4.07. The molecule has 0 aliphatic carbocycles. The summed E-state index contributed by atoms with van der Waals surface area (Å²) in [6.45, 7) is 3.50. The molecule has 0 spiro atoms. The van der Waals surface area contributed by atoms with E-state index < -0.39 is 27.7 Å². The van der Waals surface area contributed by atoms with Crippen molar-refractivity contribution >= 4 is 66.8 Å². The molecule has 0 aliphatic heterocycles. The van der Waals surface area contributed by atoms with Crippen molar-refractivity contribution in [3.8, 4) is 0 Å². The summed E-state index contributed by atoms with van der Waals surface area (Å²) >= 11 is 4.48. The van der Waals surface area contributed by atoms with Gasteiger partial charge in [0.05, 0.1) is 28.0 Å². The molecule has 192 valence electrons. The molecule has 0 saturated carbocycles. The van der Waals surface area contributed by atoms with E-state index in [0.717, 1.165) is 4.88 Å². The van der Waals surface area contributed by atoms with Crippen LogP contribution in [0.15, 0.2) is 54.2 Å². The van der Waals surface area contributed by atoms with E-state index in [4.69, 9.17) is 9.47 Å². The van der Waals surface area contributed by atoms with Crippen LogP contribution in [0.3, 0.4) is 0 Å². The van der Waals surface area contributed by atoms with Crippen molar-refractivity contribution in [3.63, 3.8) is 0 Å². The molecule has 11 nitrogen and oxygen atoms in total. The molecule has 3 aromatic rings. The number of hydrogen-bond donors (Lipinski definition) is 2. The van der Waals surface area contributed by atoms with Gasteiger partial charge in [-0.3, -0.25) is 0 Å². The molecule has 0 aliphatic rings. The minimum Gasteiger partial charge on any atom is -0.365 e. The second-order valence-electron chi connectivity index (χ2n) is 7.51. The summed E-state index contributed by atoms with van der Waals surface area (Å²) in [5.74, 6) is -1.56. The van der Waals surface area contributed by atoms with Crippen molar-refractivity contribution in [2.45, 2.75) is 20.3 Å². The molecule has 3 rings (SSSR count). The molecule has 2 aromatic heterocycles. The molecule has 0 radical (unpaired) electrons. The Kier molecular flexibility index (Phi) is 9.66. The first kappa shape index (κ1) is 27.4. The van der Waals surface area contributed by atoms with Gasteiger partial charge in [-0.2, -0.15) is 9.88 Å². The van der Waals surface area contributed by atoms with Gasteiger partial charge in [0.25, 0.3) is 10.0 Å². The summed E-state index contributed by atoms with van der Waals surface area (Å²) in [6, 6.07) is 7.61. The second-order valence-corrected chi connectivity index (χ2v) is 11.1. The maximum absolute atomic E-state index is 13.6. The highest BCUT2D eigenvalue weighted by Crippen LogP contribution is 2.23. The quantitative estimate of drug-likeness (QED) is 0.152. The third kappa shape index (κ3) is 8.20. The number of halogens is 2. The van der Waals surface area contributed by atoms with E-state index in [1.54, 1.807) is 26.0 Å². The van der Waals surface area contributed by atoms with Gasteiger partial charge >= 0.3 is 5.97 Å². The number of amidine groups is 1. The van der Waals surface area contributed by atoms with E-state index in [9.17, 15) is 17.6 Å². The van der Waals surface area contributed by atoms with Gasteiger partial charge in [0.15, 0.2) is 11.5 Å². The zero-order valence-electron chi connectivity index (χ0n) is 19.1. The maximum Gasteiger partial charge on any atom is 0.334 e. The molecule has 2 N–H and O–H groups in total. The van der Waals surface area contributed by atoms with Crippen LogP contribution in [-0.4, -0.2) is 49.0 Å². The molecule has 0 fully saturated rings. The lowest BCUT2D eigenvalue weighted by Crippen LogP contribution is -2.30. The van der Waals surface area contributed by atoms with Crippen molar-refractivity contribution in [3.05, 3.63) is 56.6 Å². The van der Waals surface area contributed by atoms with Crippen molar-refractivity contribution in [1.29, 1.82) is 0 Å². The third-order valence-electron chi connectivity index (χ3n) is 4.33. The van der Waals surface area contributed by atoms with Gasteiger partial charge < -0.3 is 10.2 Å². The number of carbonyl (C=O) groups excluding carboxylic acids is 1. The van der Waals surface area contributed by atoms with E-state index in [1.165, 1.54) is 35.8 Å². The summed E-state index contributed by atoms with van der Waals surface area (Å²) in [6.07, 6.45) is 1.53. The van der Waals surface area contributed by atoms with E-state index >= 15 is 0 Å². The van der Waals surface area contributed by atoms with Gasteiger partial charge in [-0.25, -0.2) is 27.2 Å². The Balaban J connectivity index is 1.70. The van der Waals surface area contributed by atoms with E-state index in [2.05, 4.69) is 46.4 Å². The number of aliphatic imine (C=N–C) groups is 1. The second kappa shape index (κ2) is 12.7. The Hall–Kier alpha value is -3.17. The van der Waals surface area contributed by atoms with Gasteiger partial charge in [0, 0.05) is 11.4 Å². The van der Waals surface area contributed by atoms with Crippen LogP contribution in [0.1, 0.15) is 30.8 Å². The summed E-state index contributed by atoms with van der Waals surface area (Å²) < 4.78 is 46.6. The lowest BCUT2D eigenvalue weighted by molar-refractivity contribution is -0.151. The lowest BCUT2D eigenvalue weighted by Gasteiger charge is -2.11. The minimum absolute atomic E-state index is 0.0422. The predicted molar refractivity (Wildman–Crippen MR) is 137 cm³/mol. The van der Waals surface area contributed by atoms with Crippen molar-refractivity contribution in [2.75, 3.05) is 17.6 Å². The summed E-state index contributed by atoms with van der Waals surface area (Å²) in [4.78, 5) is 22.1. The van der Waals surface area contributed by atoms with Crippen LogP contribution < -0.4 is 10.8 Å². The minimum atomic E-state index is -3.65. The highest BCUT2D eigenvalue weighted by atomic mass is 79.9. The van der Waals surface area contributed by atoms with E-state index in [0.29, 0.717) is 5.69 Å². The average molecular weight is 601 g/mol. The Labute approximate surface area is 219 Å². The fourth-order valence-electron chi connectivity index (χ4n) is 2.50. The monoisotopic (exact) mass is 600 g/mol. The van der Waals surface area contributed by atoms with Crippen LogP contribution >= 0.6 is 27.3 Å². The van der Waals surface area contributed by atoms with Crippen LogP contribution in [0.2, 0.25) is 0 Å². The standard InChI is InChI=1S/C21H22BrFN6O5S2/c1-13(2)21(30)33-28-20(26-14-6-7-17(23)16(22)11-14)18-19(29-34-27-18)24-8-4-10-36(31,32)25-12-15-5-3-9-35-15/h3,5-7,9,11-13H,4,8,10H2,1-2H3,(H,24,29)(H,26,28). The Morgan fingerprint density at radius 2 is 2.14 bits per heavy atom. The van der Waals surface area contributed by atoms with Crippen LogP contribution in [-0.2, 0) is 19.7 Å². The molecule has 0 amide bonds. The average Bonchev–Trinajstić information content (AvgIpc) is 3.52. The van der Waals surface area contributed by atoms with Gasteiger partial charge in [0.2, 0.25) is 5.82 Å². The molecule has 0 atom stereocenters. The number of thiophene rings is 1. The van der Waals surface area contributed by atoms with Crippen molar-refractivity contribution in [2.24, 2.45) is 15.3 Å². The molecule has 0 bridgehead atoms. The number of rotatable bonds is 10. The molecular weight excluding hydrogens is 579 g/mol. The van der Waals surface area contributed by atoms with Crippen LogP contribution in [0.25, 0.3) is 0 Å². The Morgan fingerprint density at radius 1 is 1.33 bits per heavy atom. The maximum atomic E-state index is 13.6. The topological polar surface area (TPSA) is 148 Å². The number of carbonyl (C=O) groups is 1. The fourth-order valence-corrected chi connectivity index (χ4v) is 4.40. The normalized spacial score (nSPS) is 12.3. The summed E-state index contributed by atoms with van der Waals surface area (Å²) in [5.41, 5.74) is 2.82. The first-order chi connectivity index (χ1) is 17.1. The number of hydroxylamine groups is 1. The number of nitrogens with one attached hydrogen (secondary N) is 2. The molecular formula is C21H22BrFN6O5S2. The van der Waals surface area contributed by atoms with Gasteiger partial charge in [-0.05, 0) is 62.3 Å². The number of anilines is 1. The van der Waals surface area contributed by atoms with Crippen LogP contribution in [0, 0.1) is 11.7 Å².